The van der Waals surface area contributed by atoms with E-state index in [0.29, 0.717) is 0 Å². The first-order valence-electron chi connectivity index (χ1n) is 9.56. The molecule has 0 radical (unpaired) electrons. The van der Waals surface area contributed by atoms with Gasteiger partial charge in [0.25, 0.3) is 0 Å². The minimum absolute atomic E-state index is 1.29. The smallest absolute Gasteiger partial charge is 0.281 e. The monoisotopic (exact) mass is 560 g/mol. The number of hydrogen-bond acceptors (Lipinski definition) is 3. The van der Waals surface area contributed by atoms with E-state index >= 15 is 0 Å². The van der Waals surface area contributed by atoms with Crippen LogP contribution < -0.4 is 0 Å². The van der Waals surface area contributed by atoms with Crippen LogP contribution in [-0.2, 0) is 10.1 Å². The van der Waals surface area contributed by atoms with E-state index in [1.165, 1.54) is 31.3 Å². The van der Waals surface area contributed by atoms with Crippen LogP contribution in [0.2, 0.25) is 0 Å². The minimum Gasteiger partial charge on any atom is -0.281 e. The molecule has 1 N–H and O–H groups in total. The molecule has 0 aliphatic rings. The highest BCUT2D eigenvalue weighted by atomic mass is 32.2. The lowest BCUT2D eigenvalue weighted by Crippen LogP contribution is -2.63. The maximum absolute atomic E-state index is 12.2. The van der Waals surface area contributed by atoms with Crippen molar-refractivity contribution < 1.29 is 52.5 Å². The zero-order valence-corrected chi connectivity index (χ0v) is 19.0. The zero-order chi connectivity index (χ0) is 27.2. The summed E-state index contributed by atoms with van der Waals surface area (Å²) in [4.78, 5) is 0. The average Bonchev–Trinajstić information content (AvgIpc) is 3.17. The second-order valence-corrected chi connectivity index (χ2v) is 9.83. The van der Waals surface area contributed by atoms with Crippen LogP contribution in [0.1, 0.15) is 0 Å². The second-order valence-electron chi connectivity index (χ2n) is 7.28. The molecule has 0 spiro atoms. The van der Waals surface area contributed by atoms with Crippen molar-refractivity contribution in [2.45, 2.75) is 23.3 Å². The van der Waals surface area contributed by atoms with Gasteiger partial charge in [0.05, 0.1) is 0 Å². The Balaban J connectivity index is 0.000000203. The van der Waals surface area contributed by atoms with Crippen LogP contribution in [0.25, 0.3) is 31.3 Å². The summed E-state index contributed by atoms with van der Waals surface area (Å²) in [6.07, 6.45) is -7.13. The Morgan fingerprint density at radius 2 is 1.17 bits per heavy atom. The molecule has 0 fully saturated rings. The van der Waals surface area contributed by atoms with Crippen LogP contribution in [0, 0.1) is 0 Å². The van der Waals surface area contributed by atoms with Crippen LogP contribution >= 0.6 is 11.3 Å². The van der Waals surface area contributed by atoms with Gasteiger partial charge < -0.3 is 0 Å². The fraction of sp³-hybridized carbons (Fsp3) is 0.182. The van der Waals surface area contributed by atoms with Crippen molar-refractivity contribution in [3.63, 3.8) is 0 Å². The van der Waals surface area contributed by atoms with Gasteiger partial charge in [0.1, 0.15) is 0 Å². The van der Waals surface area contributed by atoms with E-state index in [1.54, 1.807) is 0 Å². The number of benzene rings is 3. The summed E-state index contributed by atoms with van der Waals surface area (Å²) in [5, 5.41) is -4.25. The zero-order valence-electron chi connectivity index (χ0n) is 17.4. The largest absolute Gasteiger partial charge is 0.460 e. The molecule has 194 valence electrons. The van der Waals surface area contributed by atoms with Crippen LogP contribution in [0.5, 0.6) is 0 Å². The van der Waals surface area contributed by atoms with Crippen LogP contribution in [-0.4, -0.2) is 36.2 Å². The first kappa shape index (κ1) is 27.7. The number of hydrogen-bond donors (Lipinski definition) is 1. The van der Waals surface area contributed by atoms with E-state index in [9.17, 15) is 47.9 Å². The van der Waals surface area contributed by atoms with E-state index in [4.69, 9.17) is 4.55 Å². The molecule has 0 saturated carbocycles. The first-order chi connectivity index (χ1) is 16.4. The van der Waals surface area contributed by atoms with Gasteiger partial charge in [0.2, 0.25) is 0 Å². The predicted molar refractivity (Wildman–Crippen MR) is 117 cm³/mol. The Bertz CT molecular complexity index is 1480. The fourth-order valence-electron chi connectivity index (χ4n) is 3.16. The molecule has 0 aliphatic carbocycles. The lowest BCUT2D eigenvalue weighted by molar-refractivity contribution is -0.382. The Hall–Kier alpha value is -2.84. The number of fused-ring (bicyclic) bond motifs is 3. The highest BCUT2D eigenvalue weighted by Gasteiger charge is 2.85. The Morgan fingerprint density at radius 1 is 0.639 bits per heavy atom. The quantitative estimate of drug-likeness (QED) is 0.203. The molecular formula is C22H13F9O3S2. The van der Waals surface area contributed by atoms with Crippen molar-refractivity contribution in [2.75, 3.05) is 0 Å². The van der Waals surface area contributed by atoms with Gasteiger partial charge in [0, 0.05) is 20.2 Å². The standard InChI is InChI=1S/C18H12S.C4HF9O3S/c1-2-7-13(8-3-1)14-10-6-12-17-18(14)15-9-4-5-11-16(15)19-17;5-1(6,3(9,10)11)2(7,8)4(12,13)17(14,15)16/h1-12H;(H,14,15,16). The molecule has 1 aromatic heterocycles. The molecule has 0 saturated heterocycles. The second kappa shape index (κ2) is 9.23. The highest BCUT2D eigenvalue weighted by molar-refractivity contribution is 7.87. The summed E-state index contributed by atoms with van der Waals surface area (Å²) < 4.78 is 137. The van der Waals surface area contributed by atoms with Gasteiger partial charge in [-0.25, -0.2) is 0 Å². The number of rotatable bonds is 4. The van der Waals surface area contributed by atoms with Gasteiger partial charge in [0.15, 0.2) is 0 Å². The third-order valence-electron chi connectivity index (χ3n) is 4.93. The third kappa shape index (κ3) is 4.64. The van der Waals surface area contributed by atoms with E-state index < -0.39 is 33.4 Å². The molecule has 3 nitrogen and oxygen atoms in total. The number of thiophene rings is 1. The van der Waals surface area contributed by atoms with Crippen LogP contribution in [0.3, 0.4) is 0 Å². The molecule has 3 aromatic carbocycles. The summed E-state index contributed by atoms with van der Waals surface area (Å²) >= 11 is 1.87. The van der Waals surface area contributed by atoms with Gasteiger partial charge in [-0.1, -0.05) is 60.7 Å². The lowest BCUT2D eigenvalue weighted by atomic mass is 10.00. The van der Waals surface area contributed by atoms with Gasteiger partial charge in [-0.2, -0.15) is 47.9 Å². The summed E-state index contributed by atoms with van der Waals surface area (Å²) in [6, 6.07) is 25.9. The van der Waals surface area contributed by atoms with Gasteiger partial charge in [-0.3, -0.25) is 4.55 Å². The molecule has 4 aromatic rings. The topological polar surface area (TPSA) is 54.4 Å². The molecule has 4 rings (SSSR count). The molecule has 0 amide bonds. The molecular weight excluding hydrogens is 547 g/mol. The average molecular weight is 560 g/mol. The molecule has 1 heterocycles. The molecule has 0 bridgehead atoms. The SMILES string of the molecule is O=S(=O)(O)C(F)(F)C(F)(F)C(F)(F)C(F)(F)F.c1ccc(-c2cccc3sc4ccccc4c23)cc1. The summed E-state index contributed by atoms with van der Waals surface area (Å²) in [5.74, 6) is -14.7. The lowest BCUT2D eigenvalue weighted by Gasteiger charge is -2.31. The van der Waals surface area contributed by atoms with Crippen LogP contribution in [0.4, 0.5) is 39.5 Å². The normalized spacial score (nSPS) is 13.5. The predicted octanol–water partition coefficient (Wildman–Crippen LogP) is 8.02. The van der Waals surface area contributed by atoms with E-state index in [1.807, 2.05) is 11.3 Å². The van der Waals surface area contributed by atoms with Crippen molar-refractivity contribution in [1.29, 1.82) is 0 Å². The molecule has 0 atom stereocenters. The Kier molecular flexibility index (Phi) is 7.11. The molecule has 0 unspecified atom stereocenters. The summed E-state index contributed by atoms with van der Waals surface area (Å²) in [7, 11) is -7.17. The van der Waals surface area contributed by atoms with Gasteiger partial charge in [-0.05, 0) is 23.3 Å². The summed E-state index contributed by atoms with van der Waals surface area (Å²) in [6.45, 7) is 0. The van der Waals surface area contributed by atoms with Crippen molar-refractivity contribution in [3.05, 3.63) is 72.8 Å². The number of alkyl halides is 9. The van der Waals surface area contributed by atoms with Crippen molar-refractivity contribution in [2.24, 2.45) is 0 Å². The van der Waals surface area contributed by atoms with E-state index in [0.717, 1.165) is 0 Å². The van der Waals surface area contributed by atoms with Crippen molar-refractivity contribution >= 4 is 41.6 Å². The maximum atomic E-state index is 12.2. The Morgan fingerprint density at radius 3 is 1.72 bits per heavy atom. The first-order valence-corrected chi connectivity index (χ1v) is 11.8. The highest BCUT2D eigenvalue weighted by Crippen LogP contribution is 2.54. The van der Waals surface area contributed by atoms with Crippen molar-refractivity contribution in [3.8, 4) is 11.1 Å². The van der Waals surface area contributed by atoms with Crippen molar-refractivity contribution in [1.82, 2.24) is 0 Å². The van der Waals surface area contributed by atoms with Crippen LogP contribution in [0.15, 0.2) is 72.8 Å². The fourth-order valence-corrected chi connectivity index (χ4v) is 4.74. The molecule has 14 heteroatoms. The Labute approximate surface area is 201 Å². The maximum Gasteiger partial charge on any atom is 0.460 e. The van der Waals surface area contributed by atoms with E-state index in [-0.39, 0.29) is 0 Å². The minimum atomic E-state index is -7.37. The number of halogens is 9. The van der Waals surface area contributed by atoms with Gasteiger partial charge in [-0.15, -0.1) is 11.3 Å². The summed E-state index contributed by atoms with van der Waals surface area (Å²) in [5.41, 5.74) is 2.62. The third-order valence-corrected chi connectivity index (χ3v) is 6.97. The molecule has 0 aliphatic heterocycles. The molecule has 36 heavy (non-hydrogen) atoms. The van der Waals surface area contributed by atoms with E-state index in [2.05, 4.69) is 72.8 Å². The van der Waals surface area contributed by atoms with Gasteiger partial charge >= 0.3 is 33.4 Å².